The van der Waals surface area contributed by atoms with Crippen molar-refractivity contribution in [3.8, 4) is 5.75 Å². The van der Waals surface area contributed by atoms with Crippen LogP contribution in [0.1, 0.15) is 36.5 Å². The number of hydrogen-bond donors (Lipinski definition) is 1. The van der Waals surface area contributed by atoms with Crippen molar-refractivity contribution >= 4 is 15.9 Å². The van der Waals surface area contributed by atoms with E-state index < -0.39 is 0 Å². The zero-order valence-corrected chi connectivity index (χ0v) is 12.4. The molecular weight excluding hydrogens is 292 g/mol. The number of halogens is 1. The first-order valence-corrected chi connectivity index (χ1v) is 7.41. The maximum Gasteiger partial charge on any atom is 0.125 e. The smallest absolute Gasteiger partial charge is 0.125 e. The molecule has 2 nitrogen and oxygen atoms in total. The van der Waals surface area contributed by atoms with Gasteiger partial charge in [-0.15, -0.1) is 0 Å². The lowest BCUT2D eigenvalue weighted by Crippen LogP contribution is -2.12. The fourth-order valence-corrected chi connectivity index (χ4v) is 3.71. The molecule has 2 saturated carbocycles. The molecule has 3 heteroatoms. The Morgan fingerprint density at radius 1 is 1.28 bits per heavy atom. The number of aryl methyl sites for hydroxylation is 1. The van der Waals surface area contributed by atoms with Crippen LogP contribution < -0.4 is 4.74 Å². The Bertz CT molecular complexity index is 462. The lowest BCUT2D eigenvalue weighted by molar-refractivity contribution is 0.101. The van der Waals surface area contributed by atoms with Crippen molar-refractivity contribution in [3.63, 3.8) is 0 Å². The van der Waals surface area contributed by atoms with E-state index in [1.165, 1.54) is 19.3 Å². The summed E-state index contributed by atoms with van der Waals surface area (Å²) >= 11 is 3.54. The van der Waals surface area contributed by atoms with Crippen LogP contribution in [0.5, 0.6) is 5.75 Å². The summed E-state index contributed by atoms with van der Waals surface area (Å²) in [5.74, 6) is 3.01. The highest BCUT2D eigenvalue weighted by atomic mass is 79.9. The number of hydrogen-bond acceptors (Lipinski definition) is 2. The fourth-order valence-electron chi connectivity index (χ4n) is 3.35. The number of aliphatic hydroxyl groups excluding tert-OH is 1. The van der Waals surface area contributed by atoms with Crippen molar-refractivity contribution in [2.24, 2.45) is 17.8 Å². The molecule has 0 saturated heterocycles. The molecule has 0 aliphatic heterocycles. The molecule has 98 valence electrons. The Morgan fingerprint density at radius 2 is 1.94 bits per heavy atom. The number of ether oxygens (including phenoxy) is 1. The van der Waals surface area contributed by atoms with E-state index in [0.29, 0.717) is 5.92 Å². The minimum Gasteiger partial charge on any atom is -0.496 e. The summed E-state index contributed by atoms with van der Waals surface area (Å²) in [6, 6.07) is 4.01. The normalized spacial score (nSPS) is 31.0. The monoisotopic (exact) mass is 310 g/mol. The van der Waals surface area contributed by atoms with Gasteiger partial charge < -0.3 is 9.84 Å². The van der Waals surface area contributed by atoms with Crippen LogP contribution in [0.15, 0.2) is 16.6 Å². The zero-order valence-electron chi connectivity index (χ0n) is 10.8. The third-order valence-electron chi connectivity index (χ3n) is 4.56. The molecule has 1 aromatic rings. The third-order valence-corrected chi connectivity index (χ3v) is 5.41. The predicted octanol–water partition coefficient (Wildman–Crippen LogP) is 3.85. The van der Waals surface area contributed by atoms with Gasteiger partial charge in [-0.25, -0.2) is 0 Å². The lowest BCUT2D eigenvalue weighted by Gasteiger charge is -2.22. The molecule has 1 N–H and O–H groups in total. The van der Waals surface area contributed by atoms with Crippen LogP contribution in [0.2, 0.25) is 0 Å². The van der Waals surface area contributed by atoms with Gasteiger partial charge >= 0.3 is 0 Å². The molecule has 0 bridgehead atoms. The number of benzene rings is 1. The molecule has 3 atom stereocenters. The van der Waals surface area contributed by atoms with Crippen molar-refractivity contribution in [1.82, 2.24) is 0 Å². The largest absolute Gasteiger partial charge is 0.496 e. The second kappa shape index (κ2) is 4.53. The Balaban J connectivity index is 1.87. The fraction of sp³-hybridized carbons (Fsp3) is 0.600. The van der Waals surface area contributed by atoms with Gasteiger partial charge in [-0.2, -0.15) is 0 Å². The zero-order chi connectivity index (χ0) is 12.9. The first-order chi connectivity index (χ1) is 8.60. The van der Waals surface area contributed by atoms with Gasteiger partial charge in [-0.05, 0) is 61.6 Å². The van der Waals surface area contributed by atoms with Gasteiger partial charge in [-0.3, -0.25) is 0 Å². The van der Waals surface area contributed by atoms with Gasteiger partial charge in [0.05, 0.1) is 13.2 Å². The molecule has 2 fully saturated rings. The topological polar surface area (TPSA) is 29.5 Å². The highest BCUT2D eigenvalue weighted by Crippen LogP contribution is 2.57. The van der Waals surface area contributed by atoms with Crippen LogP contribution >= 0.6 is 15.9 Å². The van der Waals surface area contributed by atoms with E-state index in [9.17, 15) is 5.11 Å². The van der Waals surface area contributed by atoms with E-state index in [1.807, 2.05) is 19.1 Å². The van der Waals surface area contributed by atoms with Crippen LogP contribution in [0, 0.1) is 24.7 Å². The van der Waals surface area contributed by atoms with E-state index in [4.69, 9.17) is 4.74 Å². The molecular formula is C15H19BrO2. The van der Waals surface area contributed by atoms with Crippen LogP contribution in [0.25, 0.3) is 0 Å². The molecule has 1 aromatic carbocycles. The second-order valence-corrected chi connectivity index (χ2v) is 6.63. The number of aliphatic hydroxyl groups is 1. The molecule has 3 unspecified atom stereocenters. The number of rotatable bonds is 3. The van der Waals surface area contributed by atoms with Crippen molar-refractivity contribution in [2.75, 3.05) is 7.11 Å². The number of fused-ring (bicyclic) bond motifs is 1. The quantitative estimate of drug-likeness (QED) is 0.919. The molecule has 0 aromatic heterocycles. The summed E-state index contributed by atoms with van der Waals surface area (Å²) in [6.07, 6.45) is 3.36. The summed E-state index contributed by atoms with van der Waals surface area (Å²) in [4.78, 5) is 0. The van der Waals surface area contributed by atoms with E-state index in [1.54, 1.807) is 7.11 Å². The van der Waals surface area contributed by atoms with Crippen molar-refractivity contribution < 1.29 is 9.84 Å². The minimum atomic E-state index is -0.385. The Kier molecular flexibility index (Phi) is 3.15. The van der Waals surface area contributed by atoms with Gasteiger partial charge in [0.1, 0.15) is 5.75 Å². The Hall–Kier alpha value is -0.540. The average Bonchev–Trinajstić information content (AvgIpc) is 2.98. The average molecular weight is 311 g/mol. The standard InChI is InChI=1S/C15H19BrO2/c1-8-3-14(18-2)12(7-13(8)16)15(17)11-5-9-4-10(9)6-11/h3,7,9-11,15,17H,4-6H2,1-2H3. The van der Waals surface area contributed by atoms with Crippen molar-refractivity contribution in [1.29, 1.82) is 0 Å². The van der Waals surface area contributed by atoms with Crippen molar-refractivity contribution in [2.45, 2.75) is 32.3 Å². The van der Waals surface area contributed by atoms with Crippen LogP contribution in [0.4, 0.5) is 0 Å². The van der Waals surface area contributed by atoms with Gasteiger partial charge in [0, 0.05) is 10.0 Å². The molecule has 0 heterocycles. The summed E-state index contributed by atoms with van der Waals surface area (Å²) in [6.45, 7) is 2.04. The summed E-state index contributed by atoms with van der Waals surface area (Å²) in [5.41, 5.74) is 2.07. The Morgan fingerprint density at radius 3 is 2.56 bits per heavy atom. The molecule has 18 heavy (non-hydrogen) atoms. The van der Waals surface area contributed by atoms with E-state index in [2.05, 4.69) is 15.9 Å². The first kappa shape index (κ1) is 12.5. The maximum absolute atomic E-state index is 10.6. The van der Waals surface area contributed by atoms with E-state index in [-0.39, 0.29) is 6.10 Å². The highest BCUT2D eigenvalue weighted by Gasteiger charge is 2.48. The van der Waals surface area contributed by atoms with E-state index in [0.717, 1.165) is 33.2 Å². The van der Waals surface area contributed by atoms with Crippen LogP contribution in [-0.2, 0) is 0 Å². The summed E-state index contributed by atoms with van der Waals surface area (Å²) in [7, 11) is 1.67. The highest BCUT2D eigenvalue weighted by molar-refractivity contribution is 9.10. The SMILES string of the molecule is COc1cc(C)c(Br)cc1C(O)C1CC2CC2C1. The minimum absolute atomic E-state index is 0.385. The molecule has 0 radical (unpaired) electrons. The molecule has 2 aliphatic carbocycles. The second-order valence-electron chi connectivity index (χ2n) is 5.78. The van der Waals surface area contributed by atoms with Gasteiger partial charge in [0.25, 0.3) is 0 Å². The van der Waals surface area contributed by atoms with Crippen molar-refractivity contribution in [3.05, 3.63) is 27.7 Å². The predicted molar refractivity (Wildman–Crippen MR) is 74.7 cm³/mol. The van der Waals surface area contributed by atoms with Gasteiger partial charge in [0.2, 0.25) is 0 Å². The third kappa shape index (κ3) is 2.08. The summed E-state index contributed by atoms with van der Waals surface area (Å²) < 4.78 is 6.46. The lowest BCUT2D eigenvalue weighted by atomic mass is 9.90. The number of methoxy groups -OCH3 is 1. The Labute approximate surface area is 116 Å². The van der Waals surface area contributed by atoms with Crippen LogP contribution in [-0.4, -0.2) is 12.2 Å². The summed E-state index contributed by atoms with van der Waals surface area (Å²) in [5, 5.41) is 10.6. The molecule has 0 amide bonds. The van der Waals surface area contributed by atoms with Gasteiger partial charge in [0.15, 0.2) is 0 Å². The van der Waals surface area contributed by atoms with Crippen LogP contribution in [0.3, 0.4) is 0 Å². The first-order valence-electron chi connectivity index (χ1n) is 6.62. The van der Waals surface area contributed by atoms with Gasteiger partial charge in [-0.1, -0.05) is 15.9 Å². The molecule has 2 aliphatic rings. The maximum atomic E-state index is 10.6. The molecule has 0 spiro atoms. The molecule has 3 rings (SSSR count). The van der Waals surface area contributed by atoms with E-state index >= 15 is 0 Å².